The summed E-state index contributed by atoms with van der Waals surface area (Å²) in [4.78, 5) is 0. The van der Waals surface area contributed by atoms with Crippen molar-refractivity contribution in [2.45, 2.75) is 32.1 Å². The average Bonchev–Trinajstić information content (AvgIpc) is 2.29. The van der Waals surface area contributed by atoms with Gasteiger partial charge >= 0.3 is 0 Å². The van der Waals surface area contributed by atoms with Crippen molar-refractivity contribution in [1.82, 2.24) is 0 Å². The van der Waals surface area contributed by atoms with Gasteiger partial charge in [-0.05, 0) is 12.0 Å². The maximum Gasteiger partial charge on any atom is 0.0924 e. The Morgan fingerprint density at radius 1 is 1.33 bits per heavy atom. The molecule has 0 spiro atoms. The highest BCUT2D eigenvalue weighted by molar-refractivity contribution is 5.13. The molecule has 0 aliphatic heterocycles. The van der Waals surface area contributed by atoms with Crippen LogP contribution >= 0.6 is 0 Å². The van der Waals surface area contributed by atoms with Gasteiger partial charge in [0.25, 0.3) is 0 Å². The predicted octanol–water partition coefficient (Wildman–Crippen LogP) is 1.30. The zero-order valence-corrected chi connectivity index (χ0v) is 9.10. The second kappa shape index (κ2) is 6.56. The molecule has 84 valence electrons. The van der Waals surface area contributed by atoms with Crippen LogP contribution in [0.5, 0.6) is 0 Å². The van der Waals surface area contributed by atoms with Crippen molar-refractivity contribution in [2.75, 3.05) is 6.61 Å². The average molecular weight is 209 g/mol. The Labute approximate surface area is 90.9 Å². The molecule has 3 heteroatoms. The smallest absolute Gasteiger partial charge is 0.0924 e. The fraction of sp³-hybridized carbons (Fsp3) is 0.500. The van der Waals surface area contributed by atoms with Crippen LogP contribution in [0.2, 0.25) is 0 Å². The summed E-state index contributed by atoms with van der Waals surface area (Å²) in [5, 5.41) is 9.55. The van der Waals surface area contributed by atoms with Gasteiger partial charge in [0, 0.05) is 6.04 Å². The molecule has 2 unspecified atom stereocenters. The van der Waals surface area contributed by atoms with Gasteiger partial charge in [0.05, 0.1) is 19.3 Å². The van der Waals surface area contributed by atoms with E-state index in [0.29, 0.717) is 13.2 Å². The summed E-state index contributed by atoms with van der Waals surface area (Å²) in [5.41, 5.74) is 6.77. The van der Waals surface area contributed by atoms with Crippen LogP contribution < -0.4 is 5.73 Å². The number of aliphatic hydroxyl groups is 1. The largest absolute Gasteiger partial charge is 0.389 e. The molecule has 0 aromatic heterocycles. The maximum absolute atomic E-state index is 9.55. The second-order valence-corrected chi connectivity index (χ2v) is 3.64. The van der Waals surface area contributed by atoms with Crippen LogP contribution in [0.15, 0.2) is 30.3 Å². The monoisotopic (exact) mass is 209 g/mol. The lowest BCUT2D eigenvalue weighted by Crippen LogP contribution is -2.37. The number of benzene rings is 1. The molecule has 3 N–H and O–H groups in total. The molecule has 1 rings (SSSR count). The Hall–Kier alpha value is -0.900. The topological polar surface area (TPSA) is 55.5 Å². The summed E-state index contributed by atoms with van der Waals surface area (Å²) >= 11 is 0. The molecule has 0 aliphatic rings. The van der Waals surface area contributed by atoms with Crippen LogP contribution in [0.3, 0.4) is 0 Å². The van der Waals surface area contributed by atoms with Crippen molar-refractivity contribution < 1.29 is 9.84 Å². The van der Waals surface area contributed by atoms with Crippen LogP contribution in [-0.4, -0.2) is 23.9 Å². The van der Waals surface area contributed by atoms with Gasteiger partial charge in [-0.1, -0.05) is 37.3 Å². The van der Waals surface area contributed by atoms with Crippen molar-refractivity contribution in [3.8, 4) is 0 Å². The van der Waals surface area contributed by atoms with E-state index in [1.54, 1.807) is 0 Å². The van der Waals surface area contributed by atoms with E-state index in [2.05, 4.69) is 0 Å². The molecule has 0 amide bonds. The van der Waals surface area contributed by atoms with Crippen molar-refractivity contribution >= 4 is 0 Å². The van der Waals surface area contributed by atoms with E-state index in [9.17, 15) is 5.11 Å². The molecule has 0 aliphatic carbocycles. The molecule has 0 heterocycles. The van der Waals surface area contributed by atoms with Gasteiger partial charge in [0.15, 0.2) is 0 Å². The van der Waals surface area contributed by atoms with Gasteiger partial charge in [0.1, 0.15) is 0 Å². The molecule has 0 bridgehead atoms. The van der Waals surface area contributed by atoms with E-state index in [1.807, 2.05) is 37.3 Å². The number of rotatable bonds is 6. The summed E-state index contributed by atoms with van der Waals surface area (Å²) in [6.45, 7) is 2.77. The van der Waals surface area contributed by atoms with E-state index in [-0.39, 0.29) is 6.04 Å². The maximum atomic E-state index is 9.55. The number of hydrogen-bond donors (Lipinski definition) is 2. The number of nitrogens with two attached hydrogens (primary N) is 1. The highest BCUT2D eigenvalue weighted by Gasteiger charge is 2.12. The molecule has 0 saturated heterocycles. The molecule has 2 atom stereocenters. The Bertz CT molecular complexity index is 264. The van der Waals surface area contributed by atoms with Crippen molar-refractivity contribution in [3.05, 3.63) is 35.9 Å². The molecule has 1 aromatic carbocycles. The third-order valence-electron chi connectivity index (χ3n) is 2.37. The first kappa shape index (κ1) is 12.2. The molecular weight excluding hydrogens is 190 g/mol. The Morgan fingerprint density at radius 2 is 2.00 bits per heavy atom. The summed E-state index contributed by atoms with van der Waals surface area (Å²) in [7, 11) is 0. The van der Waals surface area contributed by atoms with Gasteiger partial charge in [0.2, 0.25) is 0 Å². The van der Waals surface area contributed by atoms with Gasteiger partial charge in [-0.3, -0.25) is 0 Å². The molecule has 0 fully saturated rings. The zero-order valence-electron chi connectivity index (χ0n) is 9.10. The van der Waals surface area contributed by atoms with E-state index in [0.717, 1.165) is 12.0 Å². The lowest BCUT2D eigenvalue weighted by atomic mass is 10.1. The third-order valence-corrected chi connectivity index (χ3v) is 2.37. The third kappa shape index (κ3) is 4.42. The van der Waals surface area contributed by atoms with E-state index < -0.39 is 6.10 Å². The first-order chi connectivity index (χ1) is 7.24. The van der Waals surface area contributed by atoms with E-state index in [4.69, 9.17) is 10.5 Å². The predicted molar refractivity (Wildman–Crippen MR) is 60.4 cm³/mol. The minimum absolute atomic E-state index is 0.194. The van der Waals surface area contributed by atoms with Crippen LogP contribution in [0, 0.1) is 0 Å². The second-order valence-electron chi connectivity index (χ2n) is 3.64. The highest BCUT2D eigenvalue weighted by atomic mass is 16.5. The first-order valence-corrected chi connectivity index (χ1v) is 5.29. The molecule has 0 saturated carbocycles. The quantitative estimate of drug-likeness (QED) is 0.742. The van der Waals surface area contributed by atoms with E-state index in [1.165, 1.54) is 0 Å². The van der Waals surface area contributed by atoms with Gasteiger partial charge < -0.3 is 15.6 Å². The van der Waals surface area contributed by atoms with Crippen molar-refractivity contribution in [3.63, 3.8) is 0 Å². The standard InChI is InChI=1S/C12H19NO2/c1-2-11(13)12(14)9-15-8-10-6-4-3-5-7-10/h3-7,11-12,14H,2,8-9,13H2,1H3. The van der Waals surface area contributed by atoms with Crippen LogP contribution in [-0.2, 0) is 11.3 Å². The SMILES string of the molecule is CCC(N)C(O)COCc1ccccc1. The zero-order chi connectivity index (χ0) is 11.1. The van der Waals surface area contributed by atoms with Gasteiger partial charge in [-0.2, -0.15) is 0 Å². The summed E-state index contributed by atoms with van der Waals surface area (Å²) in [6, 6.07) is 9.68. The highest BCUT2D eigenvalue weighted by Crippen LogP contribution is 2.02. The van der Waals surface area contributed by atoms with Gasteiger partial charge in [-0.15, -0.1) is 0 Å². The van der Waals surface area contributed by atoms with E-state index >= 15 is 0 Å². The Balaban J connectivity index is 2.22. The summed E-state index contributed by atoms with van der Waals surface area (Å²) in [5.74, 6) is 0. The Kier molecular flexibility index (Phi) is 5.32. The minimum atomic E-state index is -0.571. The molecule has 3 nitrogen and oxygen atoms in total. The van der Waals surface area contributed by atoms with Crippen molar-refractivity contribution in [1.29, 1.82) is 0 Å². The fourth-order valence-electron chi connectivity index (χ4n) is 1.27. The Morgan fingerprint density at radius 3 is 2.60 bits per heavy atom. The first-order valence-electron chi connectivity index (χ1n) is 5.29. The van der Waals surface area contributed by atoms with Gasteiger partial charge in [-0.25, -0.2) is 0 Å². The number of ether oxygens (including phenoxy) is 1. The molecule has 0 radical (unpaired) electrons. The van der Waals surface area contributed by atoms with Crippen LogP contribution in [0.4, 0.5) is 0 Å². The number of aliphatic hydroxyl groups excluding tert-OH is 1. The fourth-order valence-corrected chi connectivity index (χ4v) is 1.27. The van der Waals surface area contributed by atoms with Crippen LogP contribution in [0.25, 0.3) is 0 Å². The molecule has 1 aromatic rings. The lowest BCUT2D eigenvalue weighted by molar-refractivity contribution is 0.0154. The minimum Gasteiger partial charge on any atom is -0.389 e. The van der Waals surface area contributed by atoms with Crippen LogP contribution in [0.1, 0.15) is 18.9 Å². The van der Waals surface area contributed by atoms with Crippen molar-refractivity contribution in [2.24, 2.45) is 5.73 Å². The normalized spacial score (nSPS) is 14.9. The number of hydrogen-bond acceptors (Lipinski definition) is 3. The lowest BCUT2D eigenvalue weighted by Gasteiger charge is -2.16. The molecular formula is C12H19NO2. The summed E-state index contributed by atoms with van der Waals surface area (Å²) < 4.78 is 5.37. The summed E-state index contributed by atoms with van der Waals surface area (Å²) in [6.07, 6.45) is 0.189. The molecule has 15 heavy (non-hydrogen) atoms.